The van der Waals surface area contributed by atoms with E-state index in [4.69, 9.17) is 4.42 Å². The van der Waals surface area contributed by atoms with Crippen molar-refractivity contribution >= 4 is 71.6 Å². The molecule has 11 rings (SSSR count). The Labute approximate surface area is 301 Å². The number of aromatic nitrogens is 1. The fraction of sp³-hybridized carbons (Fsp3) is 0.0612. The second-order valence-electron chi connectivity index (χ2n) is 14.5. The van der Waals surface area contributed by atoms with Crippen LogP contribution in [0.3, 0.4) is 0 Å². The first kappa shape index (κ1) is 29.2. The molecule has 1 aliphatic carbocycles. The average molecular weight is 667 g/mol. The standard InChI is InChI=1S/C49H34N2O/c1-49(2)39-18-8-5-16-36(39)47-40(49)19-11-21-43(47)51(44-22-12-24-46-48(44)37-17-7-10-23-45(37)52-46)34-27-28-42-38(30-34)35-15-6-9-20-41(35)50(42)33-26-25-31-13-3-4-14-32(31)29-33/h3-30H,1-2H3. The lowest BCUT2D eigenvalue weighted by atomic mass is 9.82. The van der Waals surface area contributed by atoms with Crippen molar-refractivity contribution in [3.05, 3.63) is 181 Å². The van der Waals surface area contributed by atoms with E-state index in [2.05, 4.69) is 187 Å². The molecule has 0 radical (unpaired) electrons. The molecular weight excluding hydrogens is 633 g/mol. The van der Waals surface area contributed by atoms with Gasteiger partial charge in [-0.3, -0.25) is 0 Å². The summed E-state index contributed by atoms with van der Waals surface area (Å²) in [7, 11) is 0. The number of anilines is 3. The average Bonchev–Trinajstić information content (AvgIpc) is 3.81. The Hall–Kier alpha value is -6.58. The van der Waals surface area contributed by atoms with Crippen molar-refractivity contribution in [2.24, 2.45) is 0 Å². The van der Waals surface area contributed by atoms with Gasteiger partial charge < -0.3 is 13.9 Å². The van der Waals surface area contributed by atoms with Gasteiger partial charge in [0.1, 0.15) is 11.2 Å². The van der Waals surface area contributed by atoms with Crippen molar-refractivity contribution in [1.82, 2.24) is 4.57 Å². The molecule has 3 heteroatoms. The fourth-order valence-electron chi connectivity index (χ4n) is 8.97. The number of furan rings is 1. The van der Waals surface area contributed by atoms with Crippen LogP contribution in [0.2, 0.25) is 0 Å². The summed E-state index contributed by atoms with van der Waals surface area (Å²) in [5, 5.41) is 7.13. The molecule has 1 aliphatic rings. The number of rotatable bonds is 4. The zero-order valence-electron chi connectivity index (χ0n) is 29.0. The van der Waals surface area contributed by atoms with E-state index < -0.39 is 0 Å². The van der Waals surface area contributed by atoms with Gasteiger partial charge in [0.05, 0.1) is 27.8 Å². The minimum atomic E-state index is -0.126. The second kappa shape index (κ2) is 10.7. The van der Waals surface area contributed by atoms with Crippen LogP contribution in [-0.4, -0.2) is 4.57 Å². The molecule has 2 heterocycles. The van der Waals surface area contributed by atoms with Gasteiger partial charge in [0.25, 0.3) is 0 Å². The number of hydrogen-bond donors (Lipinski definition) is 0. The Balaban J connectivity index is 1.22. The summed E-state index contributed by atoms with van der Waals surface area (Å²) in [5.74, 6) is 0. The van der Waals surface area contributed by atoms with Crippen molar-refractivity contribution in [2.75, 3.05) is 4.90 Å². The molecule has 0 atom stereocenters. The normalized spacial score (nSPS) is 13.3. The van der Waals surface area contributed by atoms with E-state index in [0.717, 1.165) is 44.7 Å². The molecule has 0 aliphatic heterocycles. The van der Waals surface area contributed by atoms with Gasteiger partial charge in [-0.2, -0.15) is 0 Å². The number of benzene rings is 8. The summed E-state index contributed by atoms with van der Waals surface area (Å²) in [6.07, 6.45) is 0. The maximum atomic E-state index is 6.48. The predicted molar refractivity (Wildman–Crippen MR) is 218 cm³/mol. The molecule has 0 N–H and O–H groups in total. The Kier molecular flexibility index (Phi) is 6.01. The highest BCUT2D eigenvalue weighted by Crippen LogP contribution is 2.55. The van der Waals surface area contributed by atoms with Crippen LogP contribution < -0.4 is 4.90 Å². The SMILES string of the molecule is CC1(C)c2ccccc2-c2c(N(c3ccc4c(c3)c3ccccc3n4-c3ccc4ccccc4c3)c3cccc4oc5ccccc5c34)cccc21. The van der Waals surface area contributed by atoms with Gasteiger partial charge in [0, 0.05) is 38.5 Å². The zero-order valence-corrected chi connectivity index (χ0v) is 29.0. The first-order chi connectivity index (χ1) is 25.6. The number of hydrogen-bond acceptors (Lipinski definition) is 2. The smallest absolute Gasteiger partial charge is 0.137 e. The van der Waals surface area contributed by atoms with Crippen molar-refractivity contribution in [1.29, 1.82) is 0 Å². The Morgan fingerprint density at radius 1 is 0.500 bits per heavy atom. The molecule has 246 valence electrons. The van der Waals surface area contributed by atoms with Crippen molar-refractivity contribution in [3.63, 3.8) is 0 Å². The first-order valence-corrected chi connectivity index (χ1v) is 18.0. The molecular formula is C49H34N2O. The van der Waals surface area contributed by atoms with Gasteiger partial charge in [-0.05, 0) is 88.1 Å². The zero-order chi connectivity index (χ0) is 34.6. The highest BCUT2D eigenvalue weighted by molar-refractivity contribution is 6.15. The highest BCUT2D eigenvalue weighted by Gasteiger charge is 2.38. The van der Waals surface area contributed by atoms with Crippen LogP contribution in [0.15, 0.2) is 174 Å². The summed E-state index contributed by atoms with van der Waals surface area (Å²) < 4.78 is 8.89. The monoisotopic (exact) mass is 666 g/mol. The van der Waals surface area contributed by atoms with Crippen LogP contribution in [0.1, 0.15) is 25.0 Å². The summed E-state index contributed by atoms with van der Waals surface area (Å²) in [6.45, 7) is 4.70. The molecule has 52 heavy (non-hydrogen) atoms. The third-order valence-electron chi connectivity index (χ3n) is 11.4. The highest BCUT2D eigenvalue weighted by atomic mass is 16.3. The van der Waals surface area contributed by atoms with Crippen molar-refractivity contribution in [3.8, 4) is 16.8 Å². The van der Waals surface area contributed by atoms with E-state index in [-0.39, 0.29) is 5.41 Å². The first-order valence-electron chi connectivity index (χ1n) is 18.0. The van der Waals surface area contributed by atoms with Gasteiger partial charge >= 0.3 is 0 Å². The second-order valence-corrected chi connectivity index (χ2v) is 14.5. The van der Waals surface area contributed by atoms with Gasteiger partial charge in [0.15, 0.2) is 0 Å². The Morgan fingerprint density at radius 2 is 1.19 bits per heavy atom. The molecule has 0 unspecified atom stereocenters. The summed E-state index contributed by atoms with van der Waals surface area (Å²) >= 11 is 0. The van der Waals surface area contributed by atoms with Gasteiger partial charge in [-0.1, -0.05) is 123 Å². The van der Waals surface area contributed by atoms with Gasteiger partial charge in [-0.25, -0.2) is 0 Å². The van der Waals surface area contributed by atoms with E-state index in [0.29, 0.717) is 0 Å². The molecule has 0 bridgehead atoms. The van der Waals surface area contributed by atoms with E-state index in [1.54, 1.807) is 0 Å². The third kappa shape index (κ3) is 4.02. The minimum absolute atomic E-state index is 0.126. The fourth-order valence-corrected chi connectivity index (χ4v) is 8.97. The topological polar surface area (TPSA) is 21.3 Å². The lowest BCUT2D eigenvalue weighted by Crippen LogP contribution is -2.16. The third-order valence-corrected chi connectivity index (χ3v) is 11.4. The predicted octanol–water partition coefficient (Wildman–Crippen LogP) is 13.6. The van der Waals surface area contributed by atoms with Crippen LogP contribution >= 0.6 is 0 Å². The van der Waals surface area contributed by atoms with Crippen molar-refractivity contribution in [2.45, 2.75) is 19.3 Å². The van der Waals surface area contributed by atoms with E-state index in [1.807, 2.05) is 6.07 Å². The van der Waals surface area contributed by atoms with Crippen LogP contribution in [-0.2, 0) is 5.41 Å². The van der Waals surface area contributed by atoms with Gasteiger partial charge in [-0.15, -0.1) is 0 Å². The van der Waals surface area contributed by atoms with E-state index in [9.17, 15) is 0 Å². The maximum Gasteiger partial charge on any atom is 0.137 e. The lowest BCUT2D eigenvalue weighted by Gasteiger charge is -2.29. The van der Waals surface area contributed by atoms with Crippen LogP contribution in [0.25, 0.3) is 71.3 Å². The van der Waals surface area contributed by atoms with Crippen LogP contribution in [0.4, 0.5) is 17.1 Å². The minimum Gasteiger partial charge on any atom is -0.456 e. The number of fused-ring (bicyclic) bond motifs is 10. The molecule has 0 spiro atoms. The number of nitrogens with zero attached hydrogens (tertiary/aromatic N) is 2. The maximum absolute atomic E-state index is 6.48. The van der Waals surface area contributed by atoms with Gasteiger partial charge in [0.2, 0.25) is 0 Å². The quantitative estimate of drug-likeness (QED) is 0.186. The van der Waals surface area contributed by atoms with Crippen LogP contribution in [0, 0.1) is 0 Å². The molecule has 0 fully saturated rings. The molecule has 3 nitrogen and oxygen atoms in total. The summed E-state index contributed by atoms with van der Waals surface area (Å²) in [6, 6.07) is 61.7. The Bertz CT molecular complexity index is 3070. The molecule has 0 saturated heterocycles. The molecule has 0 saturated carbocycles. The molecule has 2 aromatic heterocycles. The molecule has 10 aromatic rings. The largest absolute Gasteiger partial charge is 0.456 e. The summed E-state index contributed by atoms with van der Waals surface area (Å²) in [5.41, 5.74) is 13.8. The molecule has 0 amide bonds. The van der Waals surface area contributed by atoms with Crippen molar-refractivity contribution < 1.29 is 4.42 Å². The van der Waals surface area contributed by atoms with E-state index >= 15 is 0 Å². The van der Waals surface area contributed by atoms with Crippen LogP contribution in [0.5, 0.6) is 0 Å². The van der Waals surface area contributed by atoms with E-state index in [1.165, 1.54) is 54.8 Å². The lowest BCUT2D eigenvalue weighted by molar-refractivity contribution is 0.660. The molecule has 8 aromatic carbocycles. The summed E-state index contributed by atoms with van der Waals surface area (Å²) in [4.78, 5) is 2.48. The Morgan fingerprint density at radius 3 is 2.12 bits per heavy atom. The number of para-hydroxylation sites is 2.